The number of rotatable bonds is 4. The minimum absolute atomic E-state index is 0.199. The van der Waals surface area contributed by atoms with Crippen LogP contribution in [0.3, 0.4) is 0 Å². The minimum atomic E-state index is -0.199. The van der Waals surface area contributed by atoms with Gasteiger partial charge in [-0.3, -0.25) is 9.78 Å². The molecule has 2 rings (SSSR count). The predicted octanol–water partition coefficient (Wildman–Crippen LogP) is 2.44. The second-order valence-electron chi connectivity index (χ2n) is 3.93. The van der Waals surface area contributed by atoms with E-state index in [9.17, 15) is 4.79 Å². The van der Waals surface area contributed by atoms with Gasteiger partial charge in [0.1, 0.15) is 5.76 Å². The van der Waals surface area contributed by atoms with Crippen molar-refractivity contribution in [1.82, 2.24) is 9.88 Å². The first-order valence-corrected chi connectivity index (χ1v) is 5.99. The van der Waals surface area contributed by atoms with Crippen LogP contribution in [0, 0.1) is 12.3 Å². The van der Waals surface area contributed by atoms with Crippen LogP contribution in [-0.2, 0) is 0 Å². The summed E-state index contributed by atoms with van der Waals surface area (Å²) < 4.78 is 5.56. The van der Waals surface area contributed by atoms with E-state index >= 15 is 0 Å². The summed E-state index contributed by atoms with van der Waals surface area (Å²) in [4.78, 5) is 17.7. The number of hydrogen-bond donors (Lipinski definition) is 0. The Kier molecular flexibility index (Phi) is 3.99. The Balaban J connectivity index is 2.22. The topological polar surface area (TPSA) is 46.3 Å². The highest BCUT2D eigenvalue weighted by Gasteiger charge is 2.17. The number of carbonyl (C=O) groups excluding carboxylic acids is 1. The molecular formula is C15H14N2O2. The zero-order chi connectivity index (χ0) is 13.7. The van der Waals surface area contributed by atoms with E-state index in [-0.39, 0.29) is 18.2 Å². The van der Waals surface area contributed by atoms with Crippen molar-refractivity contribution < 1.29 is 9.21 Å². The fraction of sp³-hybridized carbons (Fsp3) is 0.200. The van der Waals surface area contributed by atoms with Gasteiger partial charge < -0.3 is 9.32 Å². The van der Waals surface area contributed by atoms with Crippen LogP contribution in [0.25, 0.3) is 11.3 Å². The van der Waals surface area contributed by atoms with Crippen molar-refractivity contribution in [2.24, 2.45) is 0 Å². The Labute approximate surface area is 112 Å². The van der Waals surface area contributed by atoms with Crippen molar-refractivity contribution in [3.8, 4) is 23.7 Å². The molecule has 0 saturated carbocycles. The van der Waals surface area contributed by atoms with Crippen molar-refractivity contribution in [3.63, 3.8) is 0 Å². The summed E-state index contributed by atoms with van der Waals surface area (Å²) >= 11 is 0. The number of carbonyl (C=O) groups is 1. The molecule has 0 fully saturated rings. The molecule has 0 aliphatic rings. The maximum absolute atomic E-state index is 12.1. The molecule has 2 aromatic rings. The van der Waals surface area contributed by atoms with Crippen LogP contribution < -0.4 is 0 Å². The number of terminal acetylenes is 1. The Bertz CT molecular complexity index is 596. The summed E-state index contributed by atoms with van der Waals surface area (Å²) in [6, 6.07) is 7.10. The summed E-state index contributed by atoms with van der Waals surface area (Å²) in [6.45, 7) is 2.70. The average molecular weight is 254 g/mol. The Hall–Kier alpha value is -2.54. The van der Waals surface area contributed by atoms with Gasteiger partial charge in [-0.15, -0.1) is 6.42 Å². The summed E-state index contributed by atoms with van der Waals surface area (Å²) in [5.74, 6) is 3.17. The molecule has 4 nitrogen and oxygen atoms in total. The van der Waals surface area contributed by atoms with Crippen LogP contribution in [0.5, 0.6) is 0 Å². The van der Waals surface area contributed by atoms with Gasteiger partial charge in [-0.2, -0.15) is 0 Å². The third-order valence-corrected chi connectivity index (χ3v) is 2.71. The molecule has 0 aliphatic carbocycles. The summed E-state index contributed by atoms with van der Waals surface area (Å²) in [7, 11) is 0. The van der Waals surface area contributed by atoms with Gasteiger partial charge in [0, 0.05) is 24.5 Å². The normalized spacial score (nSPS) is 9.89. The van der Waals surface area contributed by atoms with Crippen LogP contribution in [0.1, 0.15) is 17.5 Å². The fourth-order valence-electron chi connectivity index (χ4n) is 1.71. The Morgan fingerprint density at radius 1 is 1.47 bits per heavy atom. The molecule has 0 spiro atoms. The molecule has 0 aromatic carbocycles. The van der Waals surface area contributed by atoms with Crippen LogP contribution in [0.4, 0.5) is 0 Å². The van der Waals surface area contributed by atoms with Crippen LogP contribution in [0.15, 0.2) is 41.1 Å². The van der Waals surface area contributed by atoms with E-state index in [2.05, 4.69) is 10.9 Å². The molecule has 1 amide bonds. The first kappa shape index (κ1) is 12.9. The van der Waals surface area contributed by atoms with Gasteiger partial charge in [0.05, 0.1) is 6.54 Å². The lowest BCUT2D eigenvalue weighted by Gasteiger charge is -2.15. The zero-order valence-corrected chi connectivity index (χ0v) is 10.7. The molecule has 0 saturated heterocycles. The van der Waals surface area contributed by atoms with Crippen molar-refractivity contribution in [1.29, 1.82) is 0 Å². The van der Waals surface area contributed by atoms with E-state index < -0.39 is 0 Å². The minimum Gasteiger partial charge on any atom is -0.451 e. The smallest absolute Gasteiger partial charge is 0.290 e. The summed E-state index contributed by atoms with van der Waals surface area (Å²) in [6.07, 6.45) is 8.61. The number of nitrogens with zero attached hydrogens (tertiary/aromatic N) is 2. The van der Waals surface area contributed by atoms with E-state index in [0.717, 1.165) is 5.56 Å². The quantitative estimate of drug-likeness (QED) is 0.787. The van der Waals surface area contributed by atoms with Crippen molar-refractivity contribution in [3.05, 3.63) is 42.4 Å². The van der Waals surface area contributed by atoms with Crippen LogP contribution in [0.2, 0.25) is 0 Å². The molecule has 0 bridgehead atoms. The molecule has 0 N–H and O–H groups in total. The number of amides is 1. The van der Waals surface area contributed by atoms with Crippen molar-refractivity contribution in [2.45, 2.75) is 6.92 Å². The number of hydrogen-bond acceptors (Lipinski definition) is 3. The highest BCUT2D eigenvalue weighted by atomic mass is 16.4. The molecule has 96 valence electrons. The average Bonchev–Trinajstić information content (AvgIpc) is 2.95. The fourth-order valence-corrected chi connectivity index (χ4v) is 1.71. The lowest BCUT2D eigenvalue weighted by molar-refractivity contribution is 0.0754. The van der Waals surface area contributed by atoms with Gasteiger partial charge in [0.15, 0.2) is 5.76 Å². The largest absolute Gasteiger partial charge is 0.451 e. The van der Waals surface area contributed by atoms with Gasteiger partial charge in [-0.25, -0.2) is 0 Å². The molecule has 4 heteroatoms. The van der Waals surface area contributed by atoms with Crippen LogP contribution >= 0.6 is 0 Å². The third kappa shape index (κ3) is 2.83. The second kappa shape index (κ2) is 5.87. The van der Waals surface area contributed by atoms with E-state index in [1.807, 2.05) is 19.1 Å². The van der Waals surface area contributed by atoms with Gasteiger partial charge in [0.2, 0.25) is 0 Å². The standard InChI is InChI=1S/C15H14N2O2/c1-3-10-17(4-2)15(18)14-8-7-13(19-14)12-6-5-9-16-11-12/h1,5-9,11H,4,10H2,2H3. The van der Waals surface area contributed by atoms with E-state index in [0.29, 0.717) is 12.3 Å². The Morgan fingerprint density at radius 2 is 2.32 bits per heavy atom. The van der Waals surface area contributed by atoms with Gasteiger partial charge >= 0.3 is 0 Å². The number of furan rings is 1. The molecule has 2 heterocycles. The van der Waals surface area contributed by atoms with E-state index in [4.69, 9.17) is 10.8 Å². The molecule has 0 unspecified atom stereocenters. The molecule has 0 aliphatic heterocycles. The summed E-state index contributed by atoms with van der Waals surface area (Å²) in [5.41, 5.74) is 0.835. The lowest BCUT2D eigenvalue weighted by atomic mass is 10.2. The number of aromatic nitrogens is 1. The maximum Gasteiger partial charge on any atom is 0.290 e. The van der Waals surface area contributed by atoms with E-state index in [1.54, 1.807) is 29.4 Å². The number of pyridine rings is 1. The van der Waals surface area contributed by atoms with Crippen molar-refractivity contribution >= 4 is 5.91 Å². The first-order chi connectivity index (χ1) is 9.26. The molecular weight excluding hydrogens is 240 g/mol. The SMILES string of the molecule is C#CCN(CC)C(=O)c1ccc(-c2cccnc2)o1. The van der Waals surface area contributed by atoms with Gasteiger partial charge in [-0.1, -0.05) is 5.92 Å². The molecule has 19 heavy (non-hydrogen) atoms. The zero-order valence-electron chi connectivity index (χ0n) is 10.7. The van der Waals surface area contributed by atoms with Crippen LogP contribution in [-0.4, -0.2) is 28.9 Å². The monoisotopic (exact) mass is 254 g/mol. The van der Waals surface area contributed by atoms with Gasteiger partial charge in [0.25, 0.3) is 5.91 Å². The maximum atomic E-state index is 12.1. The summed E-state index contributed by atoms with van der Waals surface area (Å²) in [5, 5.41) is 0. The van der Waals surface area contributed by atoms with E-state index in [1.165, 1.54) is 0 Å². The van der Waals surface area contributed by atoms with Gasteiger partial charge in [-0.05, 0) is 31.2 Å². The second-order valence-corrected chi connectivity index (χ2v) is 3.93. The third-order valence-electron chi connectivity index (χ3n) is 2.71. The highest BCUT2D eigenvalue weighted by Crippen LogP contribution is 2.21. The Morgan fingerprint density at radius 3 is 2.95 bits per heavy atom. The van der Waals surface area contributed by atoms with Crippen molar-refractivity contribution in [2.75, 3.05) is 13.1 Å². The molecule has 2 aromatic heterocycles. The lowest BCUT2D eigenvalue weighted by Crippen LogP contribution is -2.30. The first-order valence-electron chi connectivity index (χ1n) is 5.99. The highest BCUT2D eigenvalue weighted by molar-refractivity contribution is 5.92. The molecule has 0 radical (unpaired) electrons. The predicted molar refractivity (Wildman–Crippen MR) is 72.3 cm³/mol. The molecule has 0 atom stereocenters.